The summed E-state index contributed by atoms with van der Waals surface area (Å²) in [5.74, 6) is -0.369. The van der Waals surface area contributed by atoms with Crippen LogP contribution in [0.15, 0.2) is 24.3 Å². The van der Waals surface area contributed by atoms with Gasteiger partial charge in [-0.3, -0.25) is 25.4 Å². The van der Waals surface area contributed by atoms with Crippen molar-refractivity contribution in [3.63, 3.8) is 0 Å². The molecule has 6 heteroatoms. The summed E-state index contributed by atoms with van der Waals surface area (Å²) < 4.78 is 5.60. The number of nitrogens with one attached hydrogen (secondary N) is 2. The van der Waals surface area contributed by atoms with Gasteiger partial charge in [-0.05, 0) is 25.3 Å². The molecule has 0 spiro atoms. The number of hydrogen-bond donors (Lipinski definition) is 2. The van der Waals surface area contributed by atoms with Gasteiger partial charge in [0.1, 0.15) is 5.84 Å². The van der Waals surface area contributed by atoms with Gasteiger partial charge in [0.2, 0.25) is 0 Å². The van der Waals surface area contributed by atoms with Crippen molar-refractivity contribution < 1.29 is 14.3 Å². The van der Waals surface area contributed by atoms with E-state index >= 15 is 0 Å². The molecule has 24 heavy (non-hydrogen) atoms. The predicted molar refractivity (Wildman–Crippen MR) is 86.9 cm³/mol. The van der Waals surface area contributed by atoms with E-state index in [9.17, 15) is 9.59 Å². The standard InChI is InChI=1S/C18H21N3O3/c1-16(2)17(3)8-9-18(16,24-15(17)23)14(22)20-21-10-11-6-4-5-7-12(11)13(21)19/h4-7,19H,8-10H2,1-3H3,(H,20,22). The molecule has 2 heterocycles. The highest BCUT2D eigenvalue weighted by Gasteiger charge is 2.75. The average molecular weight is 327 g/mol. The molecular weight excluding hydrogens is 306 g/mol. The van der Waals surface area contributed by atoms with E-state index in [2.05, 4.69) is 5.43 Å². The summed E-state index contributed by atoms with van der Waals surface area (Å²) >= 11 is 0. The number of hydrogen-bond acceptors (Lipinski definition) is 4. The number of esters is 1. The molecule has 1 saturated carbocycles. The third kappa shape index (κ3) is 1.53. The molecular formula is C18H21N3O3. The molecule has 2 N–H and O–H groups in total. The Labute approximate surface area is 140 Å². The third-order valence-corrected chi connectivity index (χ3v) is 6.56. The summed E-state index contributed by atoms with van der Waals surface area (Å²) in [4.78, 5) is 25.4. The Balaban J connectivity index is 1.61. The van der Waals surface area contributed by atoms with Crippen LogP contribution in [0.4, 0.5) is 0 Å². The fourth-order valence-corrected chi connectivity index (χ4v) is 4.34. The smallest absolute Gasteiger partial charge is 0.313 e. The molecule has 2 fully saturated rings. The maximum Gasteiger partial charge on any atom is 0.313 e. The number of nitrogens with zero attached hydrogens (tertiary/aromatic N) is 1. The van der Waals surface area contributed by atoms with Crippen LogP contribution in [0.25, 0.3) is 0 Å². The van der Waals surface area contributed by atoms with E-state index in [4.69, 9.17) is 10.1 Å². The first-order valence-corrected chi connectivity index (χ1v) is 8.22. The minimum absolute atomic E-state index is 0.262. The van der Waals surface area contributed by atoms with Crippen molar-refractivity contribution in [2.24, 2.45) is 10.8 Å². The average Bonchev–Trinajstić information content (AvgIpc) is 3.01. The molecule has 2 atom stereocenters. The summed E-state index contributed by atoms with van der Waals surface area (Å²) in [6, 6.07) is 7.61. The van der Waals surface area contributed by atoms with E-state index in [1.165, 1.54) is 5.01 Å². The second-order valence-electron chi connectivity index (χ2n) is 7.71. The molecule has 1 saturated heterocycles. The van der Waals surface area contributed by atoms with Crippen molar-refractivity contribution in [3.8, 4) is 0 Å². The van der Waals surface area contributed by atoms with Gasteiger partial charge >= 0.3 is 5.97 Å². The zero-order valence-electron chi connectivity index (χ0n) is 14.1. The highest BCUT2D eigenvalue weighted by molar-refractivity contribution is 6.02. The maximum absolute atomic E-state index is 13.1. The highest BCUT2D eigenvalue weighted by atomic mass is 16.6. The second-order valence-corrected chi connectivity index (χ2v) is 7.71. The van der Waals surface area contributed by atoms with Crippen molar-refractivity contribution >= 4 is 17.7 Å². The minimum Gasteiger partial charge on any atom is -0.448 e. The first-order valence-electron chi connectivity index (χ1n) is 8.22. The lowest BCUT2D eigenvalue weighted by Crippen LogP contribution is -2.57. The Morgan fingerprint density at radius 3 is 2.54 bits per heavy atom. The zero-order chi connectivity index (χ0) is 17.3. The van der Waals surface area contributed by atoms with E-state index in [0.29, 0.717) is 19.4 Å². The van der Waals surface area contributed by atoms with Crippen molar-refractivity contribution in [1.82, 2.24) is 10.4 Å². The van der Waals surface area contributed by atoms with Gasteiger partial charge in [-0.15, -0.1) is 0 Å². The molecule has 2 unspecified atom stereocenters. The monoisotopic (exact) mass is 327 g/mol. The molecule has 1 aromatic carbocycles. The van der Waals surface area contributed by atoms with Gasteiger partial charge < -0.3 is 4.74 Å². The van der Waals surface area contributed by atoms with Crippen molar-refractivity contribution in [2.75, 3.05) is 0 Å². The minimum atomic E-state index is -1.16. The molecule has 2 aliphatic heterocycles. The Morgan fingerprint density at radius 1 is 1.25 bits per heavy atom. The van der Waals surface area contributed by atoms with Crippen LogP contribution in [0.5, 0.6) is 0 Å². The molecule has 1 aliphatic carbocycles. The second kappa shape index (κ2) is 4.37. The Bertz CT molecular complexity index is 787. The van der Waals surface area contributed by atoms with Crippen molar-refractivity contribution in [2.45, 2.75) is 45.8 Å². The van der Waals surface area contributed by atoms with Crippen LogP contribution in [0.1, 0.15) is 44.7 Å². The molecule has 126 valence electrons. The van der Waals surface area contributed by atoms with Crippen LogP contribution in [0.2, 0.25) is 0 Å². The summed E-state index contributed by atoms with van der Waals surface area (Å²) in [6.45, 7) is 6.18. The normalized spacial score (nSPS) is 32.7. The molecule has 3 aliphatic rings. The van der Waals surface area contributed by atoms with Crippen molar-refractivity contribution in [1.29, 1.82) is 5.41 Å². The van der Waals surface area contributed by atoms with E-state index in [0.717, 1.165) is 11.1 Å². The van der Waals surface area contributed by atoms with Crippen molar-refractivity contribution in [3.05, 3.63) is 35.4 Å². The number of hydrazine groups is 1. The molecule has 6 nitrogen and oxygen atoms in total. The predicted octanol–water partition coefficient (Wildman–Crippen LogP) is 1.98. The van der Waals surface area contributed by atoms with Crippen LogP contribution in [-0.2, 0) is 20.9 Å². The summed E-state index contributed by atoms with van der Waals surface area (Å²) in [5.41, 5.74) is 2.26. The number of carbonyl (C=O) groups excluding carboxylic acids is 2. The van der Waals surface area contributed by atoms with Gasteiger partial charge in [-0.25, -0.2) is 0 Å². The topological polar surface area (TPSA) is 82.5 Å². The van der Waals surface area contributed by atoms with E-state index in [1.807, 2.05) is 45.0 Å². The number of fused-ring (bicyclic) bond motifs is 3. The lowest BCUT2D eigenvalue weighted by Gasteiger charge is -2.36. The van der Waals surface area contributed by atoms with Gasteiger partial charge in [0, 0.05) is 11.0 Å². The number of ether oxygens (including phenoxy) is 1. The van der Waals surface area contributed by atoms with E-state index in [-0.39, 0.29) is 17.7 Å². The number of benzene rings is 1. The van der Waals surface area contributed by atoms with Crippen LogP contribution >= 0.6 is 0 Å². The van der Waals surface area contributed by atoms with E-state index in [1.54, 1.807) is 0 Å². The summed E-state index contributed by atoms with van der Waals surface area (Å²) in [7, 11) is 0. The lowest BCUT2D eigenvalue weighted by atomic mass is 9.66. The Morgan fingerprint density at radius 2 is 1.96 bits per heavy atom. The van der Waals surface area contributed by atoms with E-state index < -0.39 is 16.4 Å². The molecule has 1 amide bonds. The van der Waals surface area contributed by atoms with Crippen LogP contribution in [0.3, 0.4) is 0 Å². The number of rotatable bonds is 2. The van der Waals surface area contributed by atoms with Gasteiger partial charge in [0.05, 0.1) is 12.0 Å². The Kier molecular flexibility index (Phi) is 2.77. The number of carbonyl (C=O) groups is 2. The molecule has 0 aromatic heterocycles. The first-order chi connectivity index (χ1) is 11.2. The zero-order valence-corrected chi connectivity index (χ0v) is 14.1. The highest BCUT2D eigenvalue weighted by Crippen LogP contribution is 2.65. The fraction of sp³-hybridized carbons (Fsp3) is 0.500. The van der Waals surface area contributed by atoms with Gasteiger partial charge in [-0.1, -0.05) is 38.1 Å². The SMILES string of the molecule is CC12CCC(C(=O)NN3Cc4ccccc4C3=N)(OC1=O)C2(C)C. The Hall–Kier alpha value is -2.37. The third-order valence-electron chi connectivity index (χ3n) is 6.56. The molecule has 1 aromatic rings. The van der Waals surface area contributed by atoms with Gasteiger partial charge in [0.25, 0.3) is 5.91 Å². The summed E-state index contributed by atoms with van der Waals surface area (Å²) in [6.07, 6.45) is 1.16. The first kappa shape index (κ1) is 15.2. The largest absolute Gasteiger partial charge is 0.448 e. The number of amidine groups is 1. The lowest BCUT2D eigenvalue weighted by molar-refractivity contribution is -0.169. The molecule has 2 bridgehead atoms. The van der Waals surface area contributed by atoms with Crippen LogP contribution in [0, 0.1) is 16.2 Å². The number of amides is 1. The maximum atomic E-state index is 13.1. The van der Waals surface area contributed by atoms with Crippen LogP contribution in [-0.4, -0.2) is 28.3 Å². The molecule has 4 rings (SSSR count). The van der Waals surface area contributed by atoms with Crippen LogP contribution < -0.4 is 5.43 Å². The fourth-order valence-electron chi connectivity index (χ4n) is 4.34. The summed E-state index contributed by atoms with van der Waals surface area (Å²) in [5, 5.41) is 9.79. The van der Waals surface area contributed by atoms with Gasteiger partial charge in [0.15, 0.2) is 5.60 Å². The molecule has 0 radical (unpaired) electrons. The quantitative estimate of drug-likeness (QED) is 0.814. The van der Waals surface area contributed by atoms with Gasteiger partial charge in [-0.2, -0.15) is 0 Å².